The van der Waals surface area contributed by atoms with Crippen LogP contribution in [0.5, 0.6) is 0 Å². The SMILES string of the molecule is CCOC(=O)CCN(CCCO)C(=O)OC(C)(C)C. The largest absolute Gasteiger partial charge is 0.466 e. The van der Waals surface area contributed by atoms with E-state index in [1.165, 1.54) is 4.90 Å². The molecule has 0 saturated heterocycles. The van der Waals surface area contributed by atoms with Gasteiger partial charge in [0.1, 0.15) is 5.60 Å². The van der Waals surface area contributed by atoms with E-state index in [1.54, 1.807) is 27.7 Å². The Balaban J connectivity index is 4.36. The van der Waals surface area contributed by atoms with E-state index in [1.807, 2.05) is 0 Å². The van der Waals surface area contributed by atoms with E-state index in [-0.39, 0.29) is 25.5 Å². The molecule has 0 aliphatic heterocycles. The predicted molar refractivity (Wildman–Crippen MR) is 70.8 cm³/mol. The van der Waals surface area contributed by atoms with E-state index < -0.39 is 11.7 Å². The van der Waals surface area contributed by atoms with E-state index in [4.69, 9.17) is 14.6 Å². The maximum Gasteiger partial charge on any atom is 0.410 e. The summed E-state index contributed by atoms with van der Waals surface area (Å²) in [4.78, 5) is 24.6. The molecule has 0 spiro atoms. The van der Waals surface area contributed by atoms with Crippen LogP contribution in [0.1, 0.15) is 40.5 Å². The quantitative estimate of drug-likeness (QED) is 0.714. The Morgan fingerprint density at radius 3 is 2.32 bits per heavy atom. The molecule has 19 heavy (non-hydrogen) atoms. The molecule has 0 aliphatic carbocycles. The number of ether oxygens (including phenoxy) is 2. The molecule has 112 valence electrons. The van der Waals surface area contributed by atoms with Crippen LogP contribution in [0.3, 0.4) is 0 Å². The molecule has 0 aromatic rings. The first-order valence-corrected chi connectivity index (χ1v) is 6.54. The molecule has 0 bridgehead atoms. The minimum Gasteiger partial charge on any atom is -0.466 e. The van der Waals surface area contributed by atoms with E-state index in [2.05, 4.69) is 0 Å². The normalized spacial score (nSPS) is 11.0. The maximum atomic E-state index is 11.9. The van der Waals surface area contributed by atoms with Crippen molar-refractivity contribution in [3.63, 3.8) is 0 Å². The molecule has 1 amide bonds. The molecule has 0 saturated carbocycles. The van der Waals surface area contributed by atoms with Gasteiger partial charge < -0.3 is 19.5 Å². The number of aliphatic hydroxyl groups excluding tert-OH is 1. The number of rotatable bonds is 7. The molecule has 0 radical (unpaired) electrons. The summed E-state index contributed by atoms with van der Waals surface area (Å²) in [6.45, 7) is 7.95. The van der Waals surface area contributed by atoms with Crippen molar-refractivity contribution >= 4 is 12.1 Å². The lowest BCUT2D eigenvalue weighted by molar-refractivity contribution is -0.143. The van der Waals surface area contributed by atoms with Gasteiger partial charge in [-0.1, -0.05) is 0 Å². The second-order valence-electron chi connectivity index (χ2n) is 5.10. The number of carbonyl (C=O) groups excluding carboxylic acids is 2. The first kappa shape index (κ1) is 17.7. The van der Waals surface area contributed by atoms with Crippen LogP contribution in [0.25, 0.3) is 0 Å². The third-order valence-electron chi connectivity index (χ3n) is 2.13. The van der Waals surface area contributed by atoms with E-state index in [0.717, 1.165) is 0 Å². The van der Waals surface area contributed by atoms with Gasteiger partial charge in [-0.25, -0.2) is 4.79 Å². The molecule has 0 rings (SSSR count). The lowest BCUT2D eigenvalue weighted by atomic mass is 10.2. The molecule has 6 nitrogen and oxygen atoms in total. The van der Waals surface area contributed by atoms with Gasteiger partial charge in [-0.3, -0.25) is 4.79 Å². The molecule has 0 fully saturated rings. The van der Waals surface area contributed by atoms with Crippen molar-refractivity contribution in [3.05, 3.63) is 0 Å². The maximum absolute atomic E-state index is 11.9. The number of aliphatic hydroxyl groups is 1. The second-order valence-corrected chi connectivity index (χ2v) is 5.10. The highest BCUT2D eigenvalue weighted by Gasteiger charge is 2.22. The van der Waals surface area contributed by atoms with Crippen LogP contribution < -0.4 is 0 Å². The monoisotopic (exact) mass is 275 g/mol. The molecule has 0 aromatic heterocycles. The lowest BCUT2D eigenvalue weighted by Gasteiger charge is -2.27. The molecule has 0 atom stereocenters. The first-order chi connectivity index (χ1) is 8.80. The summed E-state index contributed by atoms with van der Waals surface area (Å²) < 4.78 is 10.1. The molecular formula is C13H25NO5. The van der Waals surface area contributed by atoms with Crippen LogP contribution in [-0.2, 0) is 14.3 Å². The number of amides is 1. The highest BCUT2D eigenvalue weighted by molar-refractivity contribution is 5.72. The van der Waals surface area contributed by atoms with Crippen molar-refractivity contribution in [2.75, 3.05) is 26.3 Å². The van der Waals surface area contributed by atoms with Gasteiger partial charge in [-0.05, 0) is 34.1 Å². The van der Waals surface area contributed by atoms with Crippen LogP contribution in [0.4, 0.5) is 4.79 Å². The Kier molecular flexibility index (Phi) is 8.14. The van der Waals surface area contributed by atoms with Crippen LogP contribution in [0.15, 0.2) is 0 Å². The average molecular weight is 275 g/mol. The van der Waals surface area contributed by atoms with Crippen LogP contribution >= 0.6 is 0 Å². The zero-order chi connectivity index (χ0) is 14.9. The van der Waals surface area contributed by atoms with Crippen LogP contribution in [-0.4, -0.2) is 54.0 Å². The van der Waals surface area contributed by atoms with Crippen LogP contribution in [0.2, 0.25) is 0 Å². The van der Waals surface area contributed by atoms with Gasteiger partial charge in [0.15, 0.2) is 0 Å². The number of hydrogen-bond donors (Lipinski definition) is 1. The van der Waals surface area contributed by atoms with Crippen LogP contribution in [0, 0.1) is 0 Å². The van der Waals surface area contributed by atoms with Crippen molar-refractivity contribution < 1.29 is 24.2 Å². The van der Waals surface area contributed by atoms with Gasteiger partial charge in [-0.2, -0.15) is 0 Å². The van der Waals surface area contributed by atoms with Crippen molar-refractivity contribution in [1.82, 2.24) is 4.90 Å². The Hall–Kier alpha value is -1.30. The summed E-state index contributed by atoms with van der Waals surface area (Å²) in [5.41, 5.74) is -0.585. The topological polar surface area (TPSA) is 76.1 Å². The summed E-state index contributed by atoms with van der Waals surface area (Å²) in [6.07, 6.45) is 0.0888. The van der Waals surface area contributed by atoms with Gasteiger partial charge in [0.2, 0.25) is 0 Å². The summed E-state index contributed by atoms with van der Waals surface area (Å²) >= 11 is 0. The molecule has 0 heterocycles. The third kappa shape index (κ3) is 9.30. The molecule has 0 aromatic carbocycles. The van der Waals surface area contributed by atoms with E-state index >= 15 is 0 Å². The van der Waals surface area contributed by atoms with E-state index in [9.17, 15) is 9.59 Å². The number of nitrogens with zero attached hydrogens (tertiary/aromatic N) is 1. The molecule has 6 heteroatoms. The number of esters is 1. The molecule has 0 unspecified atom stereocenters. The Morgan fingerprint density at radius 1 is 1.21 bits per heavy atom. The zero-order valence-corrected chi connectivity index (χ0v) is 12.3. The fourth-order valence-electron chi connectivity index (χ4n) is 1.34. The standard InChI is InChI=1S/C13H25NO5/c1-5-18-11(16)7-9-14(8-6-10-15)12(17)19-13(2,3)4/h15H,5-10H2,1-4H3. The predicted octanol–water partition coefficient (Wildman–Crippen LogP) is 1.56. The highest BCUT2D eigenvalue weighted by Crippen LogP contribution is 2.10. The second kappa shape index (κ2) is 8.74. The summed E-state index contributed by atoms with van der Waals surface area (Å²) in [6, 6.07) is 0. The highest BCUT2D eigenvalue weighted by atomic mass is 16.6. The van der Waals surface area contributed by atoms with Gasteiger partial charge in [0.25, 0.3) is 0 Å². The number of carbonyl (C=O) groups is 2. The van der Waals surface area contributed by atoms with Crippen molar-refractivity contribution in [1.29, 1.82) is 0 Å². The Morgan fingerprint density at radius 2 is 1.84 bits per heavy atom. The third-order valence-corrected chi connectivity index (χ3v) is 2.13. The fraction of sp³-hybridized carbons (Fsp3) is 0.846. The minimum atomic E-state index is -0.585. The van der Waals surface area contributed by atoms with E-state index in [0.29, 0.717) is 19.6 Å². The van der Waals surface area contributed by atoms with Crippen molar-refractivity contribution in [2.24, 2.45) is 0 Å². The fourth-order valence-corrected chi connectivity index (χ4v) is 1.34. The smallest absolute Gasteiger partial charge is 0.410 e. The summed E-state index contributed by atoms with van der Waals surface area (Å²) in [5.74, 6) is -0.347. The van der Waals surface area contributed by atoms with Crippen molar-refractivity contribution in [2.45, 2.75) is 46.1 Å². The minimum absolute atomic E-state index is 0.0152. The Labute approximate surface area is 114 Å². The van der Waals surface area contributed by atoms with Gasteiger partial charge in [0.05, 0.1) is 13.0 Å². The molecular weight excluding hydrogens is 250 g/mol. The summed E-state index contributed by atoms with van der Waals surface area (Å²) in [7, 11) is 0. The number of hydrogen-bond acceptors (Lipinski definition) is 5. The average Bonchev–Trinajstić information content (AvgIpc) is 2.27. The Bertz CT molecular complexity index is 285. The lowest BCUT2D eigenvalue weighted by Crippen LogP contribution is -2.39. The zero-order valence-electron chi connectivity index (χ0n) is 12.3. The first-order valence-electron chi connectivity index (χ1n) is 6.54. The van der Waals surface area contributed by atoms with Gasteiger partial charge in [0, 0.05) is 19.7 Å². The summed E-state index contributed by atoms with van der Waals surface area (Å²) in [5, 5.41) is 8.82. The molecule has 0 aliphatic rings. The van der Waals surface area contributed by atoms with Gasteiger partial charge in [-0.15, -0.1) is 0 Å². The van der Waals surface area contributed by atoms with Gasteiger partial charge >= 0.3 is 12.1 Å². The molecule has 1 N–H and O–H groups in total. The van der Waals surface area contributed by atoms with Crippen molar-refractivity contribution in [3.8, 4) is 0 Å².